The number of hydrogen-bond acceptors (Lipinski definition) is 3. The number of methoxy groups -OCH3 is 1. The van der Waals surface area contributed by atoms with E-state index < -0.39 is 0 Å². The van der Waals surface area contributed by atoms with E-state index >= 15 is 0 Å². The Morgan fingerprint density at radius 3 is 3.00 bits per heavy atom. The van der Waals surface area contributed by atoms with Gasteiger partial charge in [-0.2, -0.15) is 12.6 Å². The topological polar surface area (TPSA) is 12.5 Å². The van der Waals surface area contributed by atoms with Crippen LogP contribution >= 0.6 is 12.6 Å². The van der Waals surface area contributed by atoms with Crippen LogP contribution in [0.2, 0.25) is 0 Å². The van der Waals surface area contributed by atoms with E-state index in [0.717, 1.165) is 30.4 Å². The molecule has 0 spiro atoms. The number of likely N-dealkylation sites (tertiary alicyclic amines) is 1. The molecule has 3 heteroatoms. The van der Waals surface area contributed by atoms with Crippen molar-refractivity contribution >= 4 is 12.6 Å². The number of likely N-dealkylation sites (N-methyl/N-ethyl adjacent to an activating group) is 1. The van der Waals surface area contributed by atoms with E-state index in [-0.39, 0.29) is 0 Å². The minimum Gasteiger partial charge on any atom is -0.497 e. The summed E-state index contributed by atoms with van der Waals surface area (Å²) in [5, 5.41) is 0. The van der Waals surface area contributed by atoms with Gasteiger partial charge in [-0.1, -0.05) is 0 Å². The summed E-state index contributed by atoms with van der Waals surface area (Å²) in [5.74, 6) is 2.63. The quantitative estimate of drug-likeness (QED) is 0.769. The van der Waals surface area contributed by atoms with E-state index in [2.05, 4.69) is 30.7 Å². The average molecular weight is 263 g/mol. The third kappa shape index (κ3) is 1.84. The lowest BCUT2D eigenvalue weighted by atomic mass is 9.76. The molecule has 0 radical (unpaired) electrons. The fourth-order valence-corrected chi connectivity index (χ4v) is 4.02. The molecule has 0 N–H and O–H groups in total. The number of hydrogen-bond donors (Lipinski definition) is 1. The van der Waals surface area contributed by atoms with E-state index in [9.17, 15) is 0 Å². The molecule has 0 aromatic rings. The molecule has 0 amide bonds. The highest BCUT2D eigenvalue weighted by molar-refractivity contribution is 7.80. The summed E-state index contributed by atoms with van der Waals surface area (Å²) in [5.41, 5.74) is 6.14. The van der Waals surface area contributed by atoms with Gasteiger partial charge in [-0.3, -0.25) is 0 Å². The van der Waals surface area contributed by atoms with Gasteiger partial charge < -0.3 is 9.64 Å². The van der Waals surface area contributed by atoms with Gasteiger partial charge >= 0.3 is 0 Å². The minimum absolute atomic E-state index is 0.784. The van der Waals surface area contributed by atoms with E-state index in [1.807, 2.05) is 0 Å². The molecule has 1 aliphatic heterocycles. The number of nitrogens with zero attached hydrogens (tertiary/aromatic N) is 1. The third-order valence-electron chi connectivity index (χ3n) is 4.49. The molecule has 1 unspecified atom stereocenters. The number of allylic oxidation sites excluding steroid dienone is 4. The Kier molecular flexibility index (Phi) is 3.29. The van der Waals surface area contributed by atoms with Gasteiger partial charge in [-0.05, 0) is 55.0 Å². The summed E-state index contributed by atoms with van der Waals surface area (Å²) < 4.78 is 5.50. The van der Waals surface area contributed by atoms with Crippen LogP contribution < -0.4 is 0 Å². The first-order chi connectivity index (χ1) is 8.74. The predicted molar refractivity (Wildman–Crippen MR) is 77.8 cm³/mol. The molecule has 1 fully saturated rings. The summed E-state index contributed by atoms with van der Waals surface area (Å²) >= 11 is 4.50. The van der Waals surface area contributed by atoms with Gasteiger partial charge in [0.15, 0.2) is 0 Å². The van der Waals surface area contributed by atoms with Gasteiger partial charge in [0.1, 0.15) is 5.76 Å². The van der Waals surface area contributed by atoms with Crippen molar-refractivity contribution in [2.45, 2.75) is 19.3 Å². The van der Waals surface area contributed by atoms with Crippen LogP contribution in [0.1, 0.15) is 19.3 Å². The fourth-order valence-electron chi connectivity index (χ4n) is 3.68. The maximum Gasteiger partial charge on any atom is 0.119 e. The number of thiol groups is 1. The smallest absolute Gasteiger partial charge is 0.119 e. The second kappa shape index (κ2) is 4.78. The van der Waals surface area contributed by atoms with Crippen molar-refractivity contribution in [2.24, 2.45) is 5.92 Å². The normalized spacial score (nSPS) is 28.2. The van der Waals surface area contributed by atoms with Crippen molar-refractivity contribution in [3.8, 4) is 0 Å². The lowest BCUT2D eigenvalue weighted by molar-refractivity contribution is 0.297. The van der Waals surface area contributed by atoms with Crippen molar-refractivity contribution in [2.75, 3.05) is 33.0 Å². The second-order valence-electron chi connectivity index (χ2n) is 5.53. The molecular weight excluding hydrogens is 242 g/mol. The largest absolute Gasteiger partial charge is 0.497 e. The fraction of sp³-hybridized carbons (Fsp3) is 0.600. The highest BCUT2D eigenvalue weighted by Crippen LogP contribution is 2.44. The maximum absolute atomic E-state index is 5.50. The second-order valence-corrected chi connectivity index (χ2v) is 5.84. The van der Waals surface area contributed by atoms with E-state index in [1.54, 1.807) is 18.3 Å². The van der Waals surface area contributed by atoms with Crippen LogP contribution in [0, 0.1) is 5.92 Å². The zero-order valence-corrected chi connectivity index (χ0v) is 12.1. The monoisotopic (exact) mass is 263 g/mol. The molecule has 0 aromatic carbocycles. The standard InChI is InChI=1S/C15H21NOS/c1-16-7-10-3-4-12-11(13(10)8-16)5-6-15(17-2)14(12)9-18/h6,10,18H,3-5,7-9H2,1-2H3. The SMILES string of the molecule is COC1=CCC2=C3CN(C)CC3CCC2=C1CS. The van der Waals surface area contributed by atoms with Gasteiger partial charge in [-0.15, -0.1) is 0 Å². The minimum atomic E-state index is 0.784. The van der Waals surface area contributed by atoms with Crippen LogP contribution in [0.3, 0.4) is 0 Å². The Morgan fingerprint density at radius 2 is 2.28 bits per heavy atom. The summed E-state index contributed by atoms with van der Waals surface area (Å²) in [7, 11) is 4.00. The van der Waals surface area contributed by atoms with E-state index in [1.165, 1.54) is 30.5 Å². The first-order valence-corrected chi connectivity index (χ1v) is 7.36. The van der Waals surface area contributed by atoms with Gasteiger partial charge in [-0.25, -0.2) is 0 Å². The van der Waals surface area contributed by atoms with Crippen molar-refractivity contribution in [3.63, 3.8) is 0 Å². The van der Waals surface area contributed by atoms with E-state index in [0.29, 0.717) is 0 Å². The summed E-state index contributed by atoms with van der Waals surface area (Å²) in [6.45, 7) is 2.39. The van der Waals surface area contributed by atoms with Crippen LogP contribution in [0.25, 0.3) is 0 Å². The van der Waals surface area contributed by atoms with Crippen LogP contribution in [0.15, 0.2) is 34.1 Å². The van der Waals surface area contributed by atoms with Gasteiger partial charge in [0, 0.05) is 24.4 Å². The highest BCUT2D eigenvalue weighted by atomic mass is 32.1. The molecule has 2 aliphatic carbocycles. The Bertz CT molecular complexity index is 461. The first-order valence-electron chi connectivity index (χ1n) is 6.72. The van der Waals surface area contributed by atoms with Crippen LogP contribution in [0.5, 0.6) is 0 Å². The van der Waals surface area contributed by atoms with Crippen molar-refractivity contribution in [1.82, 2.24) is 4.90 Å². The van der Waals surface area contributed by atoms with Crippen LogP contribution in [-0.2, 0) is 4.74 Å². The zero-order valence-electron chi connectivity index (χ0n) is 11.2. The summed E-state index contributed by atoms with van der Waals surface area (Å²) in [4.78, 5) is 2.45. The Balaban J connectivity index is 2.06. The summed E-state index contributed by atoms with van der Waals surface area (Å²) in [6, 6.07) is 0. The van der Waals surface area contributed by atoms with Crippen LogP contribution in [0.4, 0.5) is 0 Å². The lowest BCUT2D eigenvalue weighted by Crippen LogP contribution is -2.17. The Morgan fingerprint density at radius 1 is 1.44 bits per heavy atom. The molecule has 18 heavy (non-hydrogen) atoms. The molecule has 1 heterocycles. The van der Waals surface area contributed by atoms with Crippen LogP contribution in [-0.4, -0.2) is 37.9 Å². The molecule has 0 aromatic heterocycles. The average Bonchev–Trinajstić information content (AvgIpc) is 2.77. The highest BCUT2D eigenvalue weighted by Gasteiger charge is 2.34. The molecule has 2 nitrogen and oxygen atoms in total. The number of ether oxygens (including phenoxy) is 1. The van der Waals surface area contributed by atoms with Gasteiger partial charge in [0.25, 0.3) is 0 Å². The zero-order chi connectivity index (χ0) is 12.7. The Labute approximate surface area is 115 Å². The maximum atomic E-state index is 5.50. The number of rotatable bonds is 2. The molecule has 3 aliphatic rings. The summed E-state index contributed by atoms with van der Waals surface area (Å²) in [6.07, 6.45) is 5.79. The molecule has 0 saturated carbocycles. The van der Waals surface area contributed by atoms with Crippen molar-refractivity contribution in [1.29, 1.82) is 0 Å². The molecule has 98 valence electrons. The van der Waals surface area contributed by atoms with Crippen molar-refractivity contribution < 1.29 is 4.74 Å². The number of fused-ring (bicyclic) bond motifs is 2. The Hall–Kier alpha value is -0.670. The lowest BCUT2D eigenvalue weighted by Gasteiger charge is -2.30. The van der Waals surface area contributed by atoms with Crippen molar-refractivity contribution in [3.05, 3.63) is 34.1 Å². The van der Waals surface area contributed by atoms with E-state index in [4.69, 9.17) is 4.74 Å². The third-order valence-corrected chi connectivity index (χ3v) is 4.81. The predicted octanol–water partition coefficient (Wildman–Crippen LogP) is 2.80. The molecular formula is C15H21NOS. The van der Waals surface area contributed by atoms with Gasteiger partial charge in [0.2, 0.25) is 0 Å². The molecule has 3 rings (SSSR count). The molecule has 1 saturated heterocycles. The molecule has 1 atom stereocenters. The first kappa shape index (κ1) is 12.4. The molecule has 0 bridgehead atoms. The van der Waals surface area contributed by atoms with Gasteiger partial charge in [0.05, 0.1) is 7.11 Å².